The zero-order valence-corrected chi connectivity index (χ0v) is 7.17. The van der Waals surface area contributed by atoms with Crippen molar-refractivity contribution < 1.29 is 14.4 Å². The molecule has 14 heavy (non-hydrogen) atoms. The van der Waals surface area contributed by atoms with Crippen molar-refractivity contribution in [2.45, 2.75) is 12.8 Å². The highest BCUT2D eigenvalue weighted by atomic mass is 16.5. The van der Waals surface area contributed by atoms with Crippen LogP contribution in [0.2, 0.25) is 0 Å². The molecule has 0 saturated carbocycles. The Labute approximate surface area is 78.6 Å². The highest BCUT2D eigenvalue weighted by molar-refractivity contribution is 5.77. The molecule has 0 aromatic carbocycles. The van der Waals surface area contributed by atoms with Crippen molar-refractivity contribution in [1.29, 1.82) is 0 Å². The molecule has 8 heteroatoms. The minimum absolute atomic E-state index is 0.0687. The molecule has 76 valence electrons. The molecule has 1 heterocycles. The molecule has 1 aromatic rings. The first kappa shape index (κ1) is 9.96. The third-order valence-corrected chi connectivity index (χ3v) is 1.24. The van der Waals surface area contributed by atoms with Crippen LogP contribution in [-0.2, 0) is 11.2 Å². The predicted molar refractivity (Wildman–Crippen MR) is 45.7 cm³/mol. The van der Waals surface area contributed by atoms with Crippen molar-refractivity contribution >= 4 is 17.9 Å². The van der Waals surface area contributed by atoms with E-state index in [-0.39, 0.29) is 30.6 Å². The smallest absolute Gasteiger partial charge is 0.350 e. The summed E-state index contributed by atoms with van der Waals surface area (Å²) < 4.78 is 4.61. The van der Waals surface area contributed by atoms with Crippen LogP contribution in [-0.4, -0.2) is 27.2 Å². The fourth-order valence-corrected chi connectivity index (χ4v) is 0.721. The number of nitrogens with zero attached hydrogens (tertiary/aromatic N) is 3. The van der Waals surface area contributed by atoms with Gasteiger partial charge in [0, 0.05) is 6.42 Å². The Morgan fingerprint density at radius 3 is 2.86 bits per heavy atom. The maximum Gasteiger partial charge on any atom is 0.350 e. The molecule has 5 N–H and O–H groups in total. The van der Waals surface area contributed by atoms with Crippen LogP contribution in [0.5, 0.6) is 0 Å². The summed E-state index contributed by atoms with van der Waals surface area (Å²) in [6.45, 7) is 0. The second-order valence-electron chi connectivity index (χ2n) is 2.42. The van der Waals surface area contributed by atoms with Gasteiger partial charge >= 0.3 is 12.0 Å². The number of aliphatic imine (C=N–C) groups is 1. The number of aromatic nitrogens is 2. The molecular weight excluding hydrogens is 190 g/mol. The van der Waals surface area contributed by atoms with Crippen LogP contribution in [0.3, 0.4) is 0 Å². The number of aryl methyl sites for hydroxylation is 1. The van der Waals surface area contributed by atoms with Crippen LogP contribution in [0.15, 0.2) is 9.52 Å². The monoisotopic (exact) mass is 199 g/mol. The first-order valence-electron chi connectivity index (χ1n) is 3.72. The molecule has 8 nitrogen and oxygen atoms in total. The number of carboxylic acid groups (broad SMARTS) is 1. The average molecular weight is 199 g/mol. The lowest BCUT2D eigenvalue weighted by Gasteiger charge is -1.86. The minimum atomic E-state index is -0.932. The zero-order chi connectivity index (χ0) is 10.6. The van der Waals surface area contributed by atoms with Crippen LogP contribution in [0.4, 0.5) is 6.01 Å². The standard InChI is InChI=1S/C6H9N5O3/c7-5(8)10-6-9-3(11-14-6)1-2-4(12)13/h1-2H2,(H,12,13)(H4,7,8,9,10,11). The Morgan fingerprint density at radius 2 is 2.29 bits per heavy atom. The third kappa shape index (κ3) is 3.09. The second-order valence-corrected chi connectivity index (χ2v) is 2.42. The average Bonchev–Trinajstić information content (AvgIpc) is 2.47. The van der Waals surface area contributed by atoms with E-state index in [1.165, 1.54) is 0 Å². The Morgan fingerprint density at radius 1 is 1.57 bits per heavy atom. The van der Waals surface area contributed by atoms with Gasteiger partial charge in [0.05, 0.1) is 6.42 Å². The van der Waals surface area contributed by atoms with E-state index in [4.69, 9.17) is 16.6 Å². The van der Waals surface area contributed by atoms with Crippen LogP contribution >= 0.6 is 0 Å². The predicted octanol–water partition coefficient (Wildman–Crippen LogP) is -1.01. The summed E-state index contributed by atoms with van der Waals surface area (Å²) in [5.74, 6) is -0.871. The molecule has 0 aliphatic carbocycles. The number of carbonyl (C=O) groups is 1. The number of hydrogen-bond acceptors (Lipinski definition) is 5. The van der Waals surface area contributed by atoms with Crippen molar-refractivity contribution in [2.24, 2.45) is 16.5 Å². The first-order chi connectivity index (χ1) is 6.58. The van der Waals surface area contributed by atoms with E-state index in [2.05, 4.69) is 19.7 Å². The van der Waals surface area contributed by atoms with E-state index >= 15 is 0 Å². The molecule has 0 saturated heterocycles. The van der Waals surface area contributed by atoms with Gasteiger partial charge in [-0.25, -0.2) is 0 Å². The van der Waals surface area contributed by atoms with Gasteiger partial charge < -0.3 is 21.1 Å². The van der Waals surface area contributed by atoms with Crippen LogP contribution in [0.1, 0.15) is 12.2 Å². The lowest BCUT2D eigenvalue weighted by Crippen LogP contribution is -2.21. The fraction of sp³-hybridized carbons (Fsp3) is 0.333. The van der Waals surface area contributed by atoms with Gasteiger partial charge in [0.1, 0.15) is 0 Å². The molecule has 0 bridgehead atoms. The fourth-order valence-electron chi connectivity index (χ4n) is 0.721. The summed E-state index contributed by atoms with van der Waals surface area (Å²) in [6.07, 6.45) is 0.111. The number of rotatable bonds is 4. The number of guanidine groups is 1. The highest BCUT2D eigenvalue weighted by Crippen LogP contribution is 2.08. The SMILES string of the molecule is NC(N)=Nc1nc(CCC(=O)O)no1. The van der Waals surface area contributed by atoms with Gasteiger partial charge in [-0.3, -0.25) is 4.79 Å². The molecule has 1 rings (SSSR count). The Balaban J connectivity index is 2.59. The molecule has 1 aromatic heterocycles. The Hall–Kier alpha value is -2.12. The van der Waals surface area contributed by atoms with Crippen molar-refractivity contribution in [2.75, 3.05) is 0 Å². The summed E-state index contributed by atoms with van der Waals surface area (Å²) in [5, 5.41) is 11.8. The summed E-state index contributed by atoms with van der Waals surface area (Å²) in [7, 11) is 0. The van der Waals surface area contributed by atoms with Gasteiger partial charge in [-0.15, -0.1) is 0 Å². The second kappa shape index (κ2) is 4.21. The van der Waals surface area contributed by atoms with Gasteiger partial charge in [0.25, 0.3) is 0 Å². The van der Waals surface area contributed by atoms with Crippen molar-refractivity contribution in [3.63, 3.8) is 0 Å². The van der Waals surface area contributed by atoms with E-state index in [9.17, 15) is 4.79 Å². The maximum absolute atomic E-state index is 10.2. The minimum Gasteiger partial charge on any atom is -0.481 e. The van der Waals surface area contributed by atoms with Gasteiger partial charge in [0.15, 0.2) is 11.8 Å². The van der Waals surface area contributed by atoms with Crippen molar-refractivity contribution in [3.8, 4) is 0 Å². The van der Waals surface area contributed by atoms with E-state index in [1.54, 1.807) is 0 Å². The maximum atomic E-state index is 10.2. The van der Waals surface area contributed by atoms with E-state index in [0.717, 1.165) is 0 Å². The molecule has 0 atom stereocenters. The van der Waals surface area contributed by atoms with Crippen LogP contribution < -0.4 is 11.5 Å². The lowest BCUT2D eigenvalue weighted by molar-refractivity contribution is -0.137. The Bertz CT molecular complexity index is 354. The van der Waals surface area contributed by atoms with Crippen LogP contribution in [0, 0.1) is 0 Å². The van der Waals surface area contributed by atoms with Gasteiger partial charge in [0.2, 0.25) is 0 Å². The van der Waals surface area contributed by atoms with E-state index < -0.39 is 5.97 Å². The number of aliphatic carboxylic acids is 1. The summed E-state index contributed by atoms with van der Waals surface area (Å²) in [5.41, 5.74) is 10.1. The molecule has 0 aliphatic rings. The topological polar surface area (TPSA) is 141 Å². The van der Waals surface area contributed by atoms with Crippen LogP contribution in [0.25, 0.3) is 0 Å². The summed E-state index contributed by atoms with van der Waals surface area (Å²) in [4.78, 5) is 17.4. The quantitative estimate of drug-likeness (QED) is 0.416. The normalized spacial score (nSPS) is 9.71. The first-order valence-corrected chi connectivity index (χ1v) is 3.72. The van der Waals surface area contributed by atoms with E-state index in [1.807, 2.05) is 0 Å². The lowest BCUT2D eigenvalue weighted by atomic mass is 10.3. The number of hydrogen-bond donors (Lipinski definition) is 3. The summed E-state index contributed by atoms with van der Waals surface area (Å²) in [6, 6.07) is -0.0783. The van der Waals surface area contributed by atoms with Gasteiger partial charge in [-0.05, 0) is 0 Å². The molecule has 0 aliphatic heterocycles. The number of carboxylic acids is 1. The van der Waals surface area contributed by atoms with E-state index in [0.29, 0.717) is 0 Å². The Kier molecular flexibility index (Phi) is 3.00. The number of nitrogens with two attached hydrogens (primary N) is 2. The molecule has 0 radical (unpaired) electrons. The largest absolute Gasteiger partial charge is 0.481 e. The van der Waals surface area contributed by atoms with Gasteiger partial charge in [-0.2, -0.15) is 9.98 Å². The zero-order valence-electron chi connectivity index (χ0n) is 7.17. The highest BCUT2D eigenvalue weighted by Gasteiger charge is 2.07. The van der Waals surface area contributed by atoms with Gasteiger partial charge in [-0.1, -0.05) is 5.16 Å². The molecule has 0 spiro atoms. The molecular formula is C6H9N5O3. The molecule has 0 fully saturated rings. The van der Waals surface area contributed by atoms with Crippen molar-refractivity contribution in [1.82, 2.24) is 10.1 Å². The molecule has 0 amide bonds. The summed E-state index contributed by atoms with van der Waals surface area (Å²) >= 11 is 0. The van der Waals surface area contributed by atoms with Crippen molar-refractivity contribution in [3.05, 3.63) is 5.82 Å². The third-order valence-electron chi connectivity index (χ3n) is 1.24. The molecule has 0 unspecified atom stereocenters.